The standard InChI is InChI=1S/C27H24N4O5/c1-33-21-9-5-6-19(16-21)26(32)30-12-14-31(15-13-30)27-23(17-28)29-25(36-27)24-11-10-22(35-24)18-34-20-7-3-2-4-8-20/h2-11,16H,12-15,18H2,1H3. The maximum Gasteiger partial charge on any atom is 0.266 e. The third kappa shape index (κ3) is 4.88. The first-order valence-electron chi connectivity index (χ1n) is 11.5. The highest BCUT2D eigenvalue weighted by Gasteiger charge is 2.28. The molecule has 1 fully saturated rings. The van der Waals surface area contributed by atoms with Gasteiger partial charge in [0.1, 0.15) is 29.9 Å². The first-order chi connectivity index (χ1) is 17.6. The van der Waals surface area contributed by atoms with E-state index in [2.05, 4.69) is 11.1 Å². The molecule has 0 bridgehead atoms. The zero-order chi connectivity index (χ0) is 24.9. The van der Waals surface area contributed by atoms with Crippen molar-refractivity contribution in [3.05, 3.63) is 83.7 Å². The molecule has 5 rings (SSSR count). The van der Waals surface area contributed by atoms with Crippen LogP contribution in [0, 0.1) is 11.3 Å². The van der Waals surface area contributed by atoms with Gasteiger partial charge in [-0.1, -0.05) is 24.3 Å². The van der Waals surface area contributed by atoms with E-state index in [9.17, 15) is 10.1 Å². The van der Waals surface area contributed by atoms with Crippen molar-refractivity contribution in [1.29, 1.82) is 5.26 Å². The number of carbonyl (C=O) groups excluding carboxylic acids is 1. The van der Waals surface area contributed by atoms with Crippen LogP contribution in [-0.4, -0.2) is 49.1 Å². The Bertz CT molecular complexity index is 1380. The second-order valence-corrected chi connectivity index (χ2v) is 8.16. The SMILES string of the molecule is COc1cccc(C(=O)N2CCN(c3oc(-c4ccc(COc5ccccc5)o4)nc3C#N)CC2)c1. The van der Waals surface area contributed by atoms with Gasteiger partial charge < -0.3 is 28.1 Å². The lowest BCUT2D eigenvalue weighted by molar-refractivity contribution is 0.0745. The molecule has 0 aliphatic carbocycles. The third-order valence-electron chi connectivity index (χ3n) is 5.88. The fourth-order valence-corrected chi connectivity index (χ4v) is 4.00. The predicted molar refractivity (Wildman–Crippen MR) is 131 cm³/mol. The van der Waals surface area contributed by atoms with Gasteiger partial charge in [-0.3, -0.25) is 4.79 Å². The van der Waals surface area contributed by atoms with E-state index in [0.29, 0.717) is 54.9 Å². The maximum absolute atomic E-state index is 12.9. The summed E-state index contributed by atoms with van der Waals surface area (Å²) in [5.74, 6) is 2.94. The minimum atomic E-state index is -0.0619. The lowest BCUT2D eigenvalue weighted by Crippen LogP contribution is -2.48. The van der Waals surface area contributed by atoms with Gasteiger partial charge in [-0.05, 0) is 42.5 Å². The molecule has 2 aromatic carbocycles. The molecule has 36 heavy (non-hydrogen) atoms. The summed E-state index contributed by atoms with van der Waals surface area (Å²) in [6.07, 6.45) is 0. The van der Waals surface area contributed by atoms with E-state index in [1.807, 2.05) is 35.2 Å². The number of piperazine rings is 1. The maximum atomic E-state index is 12.9. The highest BCUT2D eigenvalue weighted by Crippen LogP contribution is 2.30. The van der Waals surface area contributed by atoms with Crippen LogP contribution in [0.4, 0.5) is 5.88 Å². The van der Waals surface area contributed by atoms with Gasteiger partial charge in [0.05, 0.1) is 7.11 Å². The minimum absolute atomic E-state index is 0.0619. The number of methoxy groups -OCH3 is 1. The number of hydrogen-bond acceptors (Lipinski definition) is 8. The summed E-state index contributed by atoms with van der Waals surface area (Å²) in [6.45, 7) is 2.24. The van der Waals surface area contributed by atoms with Crippen LogP contribution < -0.4 is 14.4 Å². The number of amides is 1. The third-order valence-corrected chi connectivity index (χ3v) is 5.88. The molecule has 9 heteroatoms. The van der Waals surface area contributed by atoms with Gasteiger partial charge in [-0.2, -0.15) is 10.2 Å². The predicted octanol–water partition coefficient (Wildman–Crippen LogP) is 4.36. The minimum Gasteiger partial charge on any atom is -0.497 e. The number of benzene rings is 2. The second-order valence-electron chi connectivity index (χ2n) is 8.16. The molecule has 0 unspecified atom stereocenters. The molecule has 1 aliphatic heterocycles. The smallest absolute Gasteiger partial charge is 0.266 e. The lowest BCUT2D eigenvalue weighted by atomic mass is 10.1. The normalized spacial score (nSPS) is 13.3. The van der Waals surface area contributed by atoms with Crippen molar-refractivity contribution in [2.75, 3.05) is 38.2 Å². The van der Waals surface area contributed by atoms with E-state index in [0.717, 1.165) is 5.75 Å². The summed E-state index contributed by atoms with van der Waals surface area (Å²) in [5.41, 5.74) is 0.753. The van der Waals surface area contributed by atoms with Gasteiger partial charge in [0.15, 0.2) is 5.76 Å². The fourth-order valence-electron chi connectivity index (χ4n) is 4.00. The summed E-state index contributed by atoms with van der Waals surface area (Å²) < 4.78 is 22.7. The molecule has 0 spiro atoms. The molecule has 4 aromatic rings. The number of nitriles is 1. The molecular formula is C27H24N4O5. The van der Waals surface area contributed by atoms with Gasteiger partial charge in [-0.25, -0.2) is 0 Å². The summed E-state index contributed by atoms with van der Waals surface area (Å²) in [5, 5.41) is 9.64. The van der Waals surface area contributed by atoms with Crippen LogP contribution in [0.15, 0.2) is 75.6 Å². The van der Waals surface area contributed by atoms with Crippen molar-refractivity contribution in [1.82, 2.24) is 9.88 Å². The monoisotopic (exact) mass is 484 g/mol. The lowest BCUT2D eigenvalue weighted by Gasteiger charge is -2.34. The average Bonchev–Trinajstić information content (AvgIpc) is 3.59. The highest BCUT2D eigenvalue weighted by atomic mass is 16.5. The molecule has 9 nitrogen and oxygen atoms in total. The molecule has 0 atom stereocenters. The number of rotatable bonds is 7. The van der Waals surface area contributed by atoms with E-state index in [1.165, 1.54) is 0 Å². The van der Waals surface area contributed by atoms with Crippen molar-refractivity contribution in [2.45, 2.75) is 6.61 Å². The Balaban J connectivity index is 1.24. The zero-order valence-corrected chi connectivity index (χ0v) is 19.7. The first-order valence-corrected chi connectivity index (χ1v) is 11.5. The summed E-state index contributed by atoms with van der Waals surface area (Å²) in [7, 11) is 1.57. The van der Waals surface area contributed by atoms with Crippen LogP contribution in [0.1, 0.15) is 21.8 Å². The summed E-state index contributed by atoms with van der Waals surface area (Å²) >= 11 is 0. The van der Waals surface area contributed by atoms with Gasteiger partial charge in [0.2, 0.25) is 11.6 Å². The van der Waals surface area contributed by atoms with Gasteiger partial charge in [-0.15, -0.1) is 0 Å². The Labute approximate surface area is 208 Å². The Morgan fingerprint density at radius 3 is 2.53 bits per heavy atom. The number of aromatic nitrogens is 1. The van der Waals surface area contributed by atoms with Crippen LogP contribution in [0.25, 0.3) is 11.7 Å². The zero-order valence-electron chi connectivity index (χ0n) is 19.7. The Hall–Kier alpha value is -4.71. The van der Waals surface area contributed by atoms with Crippen molar-refractivity contribution in [3.8, 4) is 29.2 Å². The quantitative estimate of drug-likeness (QED) is 0.381. The van der Waals surface area contributed by atoms with Crippen molar-refractivity contribution in [3.63, 3.8) is 0 Å². The van der Waals surface area contributed by atoms with Crippen molar-refractivity contribution < 1.29 is 23.1 Å². The molecule has 0 N–H and O–H groups in total. The molecule has 182 valence electrons. The van der Waals surface area contributed by atoms with E-state index < -0.39 is 0 Å². The van der Waals surface area contributed by atoms with E-state index in [-0.39, 0.29) is 24.1 Å². The number of nitrogens with zero attached hydrogens (tertiary/aromatic N) is 4. The van der Waals surface area contributed by atoms with Crippen LogP contribution in [0.5, 0.6) is 11.5 Å². The number of ether oxygens (including phenoxy) is 2. The Kier molecular flexibility index (Phi) is 6.58. The fraction of sp³-hybridized carbons (Fsp3) is 0.222. The number of hydrogen-bond donors (Lipinski definition) is 0. The van der Waals surface area contributed by atoms with Crippen LogP contribution in [-0.2, 0) is 6.61 Å². The highest BCUT2D eigenvalue weighted by molar-refractivity contribution is 5.94. The Morgan fingerprint density at radius 2 is 1.78 bits per heavy atom. The van der Waals surface area contributed by atoms with Crippen LogP contribution in [0.2, 0.25) is 0 Å². The largest absolute Gasteiger partial charge is 0.497 e. The topological polar surface area (TPSA) is 105 Å². The number of anilines is 1. The van der Waals surface area contributed by atoms with Crippen molar-refractivity contribution >= 4 is 11.8 Å². The molecule has 2 aromatic heterocycles. The van der Waals surface area contributed by atoms with E-state index in [4.69, 9.17) is 18.3 Å². The summed E-state index contributed by atoms with van der Waals surface area (Å²) in [6, 6.07) is 22.2. The Morgan fingerprint density at radius 1 is 1.00 bits per heavy atom. The number of furan rings is 1. The number of carbonyl (C=O) groups is 1. The second kappa shape index (κ2) is 10.3. The molecular weight excluding hydrogens is 460 g/mol. The molecule has 0 saturated carbocycles. The van der Waals surface area contributed by atoms with Gasteiger partial charge in [0, 0.05) is 31.7 Å². The average molecular weight is 485 g/mol. The van der Waals surface area contributed by atoms with E-state index >= 15 is 0 Å². The molecule has 0 radical (unpaired) electrons. The molecule has 3 heterocycles. The van der Waals surface area contributed by atoms with E-state index in [1.54, 1.807) is 48.4 Å². The van der Waals surface area contributed by atoms with Crippen LogP contribution in [0.3, 0.4) is 0 Å². The number of para-hydroxylation sites is 1. The first kappa shape index (κ1) is 23.1. The van der Waals surface area contributed by atoms with Gasteiger partial charge >= 0.3 is 0 Å². The summed E-state index contributed by atoms with van der Waals surface area (Å²) in [4.78, 5) is 20.9. The molecule has 1 amide bonds. The molecule has 1 aliphatic rings. The van der Waals surface area contributed by atoms with Crippen molar-refractivity contribution in [2.24, 2.45) is 0 Å². The van der Waals surface area contributed by atoms with Gasteiger partial charge in [0.25, 0.3) is 11.8 Å². The molecule has 1 saturated heterocycles. The number of oxazole rings is 1. The van der Waals surface area contributed by atoms with Crippen LogP contribution >= 0.6 is 0 Å².